The van der Waals surface area contributed by atoms with Gasteiger partial charge in [-0.15, -0.1) is 0 Å². The van der Waals surface area contributed by atoms with E-state index in [-0.39, 0.29) is 24.0 Å². The number of aromatic nitrogens is 3. The van der Waals surface area contributed by atoms with Crippen molar-refractivity contribution < 1.29 is 19.1 Å². The fourth-order valence-corrected chi connectivity index (χ4v) is 5.00. The van der Waals surface area contributed by atoms with Crippen LogP contribution in [0.25, 0.3) is 16.8 Å². The molecule has 1 N–H and O–H groups in total. The topological polar surface area (TPSA) is 98.1 Å². The van der Waals surface area contributed by atoms with Crippen LogP contribution in [0.4, 0.5) is 4.79 Å². The Labute approximate surface area is 217 Å². The summed E-state index contributed by atoms with van der Waals surface area (Å²) in [6.45, 7) is 9.66. The molecule has 2 amide bonds. The van der Waals surface area contributed by atoms with Gasteiger partial charge in [0.15, 0.2) is 0 Å². The lowest BCUT2D eigenvalue weighted by Crippen LogP contribution is -2.41. The number of rotatable bonds is 5. The van der Waals surface area contributed by atoms with Crippen LogP contribution in [-0.4, -0.2) is 62.8 Å². The summed E-state index contributed by atoms with van der Waals surface area (Å²) in [5.41, 5.74) is 3.32. The van der Waals surface area contributed by atoms with Crippen molar-refractivity contribution in [1.29, 1.82) is 0 Å². The van der Waals surface area contributed by atoms with Gasteiger partial charge in [0.25, 0.3) is 0 Å². The van der Waals surface area contributed by atoms with E-state index in [0.717, 1.165) is 29.6 Å². The minimum Gasteiger partial charge on any atom is -0.473 e. The molecule has 2 aliphatic rings. The summed E-state index contributed by atoms with van der Waals surface area (Å²) in [6.07, 6.45) is 5.52. The van der Waals surface area contributed by atoms with Crippen LogP contribution in [0.15, 0.2) is 42.7 Å². The highest BCUT2D eigenvalue weighted by molar-refractivity contribution is 5.78. The van der Waals surface area contributed by atoms with Crippen LogP contribution in [0.1, 0.15) is 58.4 Å². The van der Waals surface area contributed by atoms with Crippen molar-refractivity contribution in [2.24, 2.45) is 5.92 Å². The highest BCUT2D eigenvalue weighted by Gasteiger charge is 2.29. The Balaban J connectivity index is 1.28. The number of carbonyl (C=O) groups is 2. The number of piperidine rings is 1. The largest absolute Gasteiger partial charge is 0.473 e. The van der Waals surface area contributed by atoms with E-state index in [2.05, 4.69) is 34.7 Å². The van der Waals surface area contributed by atoms with Gasteiger partial charge in [-0.25, -0.2) is 14.3 Å². The summed E-state index contributed by atoms with van der Waals surface area (Å²) in [6, 6.07) is 10.3. The van der Waals surface area contributed by atoms with E-state index in [4.69, 9.17) is 14.5 Å². The van der Waals surface area contributed by atoms with Crippen LogP contribution in [-0.2, 0) is 9.53 Å². The number of ether oxygens (including phenoxy) is 2. The Morgan fingerprint density at radius 2 is 1.86 bits per heavy atom. The van der Waals surface area contributed by atoms with E-state index in [0.29, 0.717) is 37.9 Å². The summed E-state index contributed by atoms with van der Waals surface area (Å²) >= 11 is 0. The first-order valence-electron chi connectivity index (χ1n) is 13.0. The maximum Gasteiger partial charge on any atom is 0.410 e. The van der Waals surface area contributed by atoms with Gasteiger partial charge >= 0.3 is 6.09 Å². The van der Waals surface area contributed by atoms with Crippen LogP contribution in [0.5, 0.6) is 5.88 Å². The van der Waals surface area contributed by atoms with Crippen molar-refractivity contribution in [2.75, 3.05) is 19.6 Å². The second kappa shape index (κ2) is 10.0. The maximum atomic E-state index is 12.4. The van der Waals surface area contributed by atoms with Crippen molar-refractivity contribution in [3.8, 4) is 17.1 Å². The number of carbonyl (C=O) groups excluding carboxylic acids is 2. The smallest absolute Gasteiger partial charge is 0.410 e. The Kier molecular flexibility index (Phi) is 6.79. The van der Waals surface area contributed by atoms with Gasteiger partial charge in [0.2, 0.25) is 11.8 Å². The molecule has 0 aliphatic carbocycles. The van der Waals surface area contributed by atoms with Gasteiger partial charge in [-0.1, -0.05) is 24.3 Å². The van der Waals surface area contributed by atoms with Crippen molar-refractivity contribution in [3.63, 3.8) is 0 Å². The van der Waals surface area contributed by atoms with Gasteiger partial charge in [-0.05, 0) is 58.1 Å². The molecule has 2 fully saturated rings. The normalized spacial score (nSPS) is 19.6. The molecule has 37 heavy (non-hydrogen) atoms. The van der Waals surface area contributed by atoms with Gasteiger partial charge in [-0.2, -0.15) is 5.10 Å². The second-order valence-corrected chi connectivity index (χ2v) is 11.0. The summed E-state index contributed by atoms with van der Waals surface area (Å²) in [4.78, 5) is 30.6. The molecule has 196 valence electrons. The third-order valence-electron chi connectivity index (χ3n) is 7.15. The second-order valence-electron chi connectivity index (χ2n) is 11.0. The van der Waals surface area contributed by atoms with E-state index in [1.807, 2.05) is 40.0 Å². The zero-order valence-corrected chi connectivity index (χ0v) is 21.9. The average molecular weight is 506 g/mol. The molecular formula is C28H35N5O4. The Bertz CT molecular complexity index is 1270. The van der Waals surface area contributed by atoms with Crippen molar-refractivity contribution >= 4 is 17.5 Å². The molecule has 2 saturated heterocycles. The van der Waals surface area contributed by atoms with E-state index < -0.39 is 5.60 Å². The molecule has 0 radical (unpaired) electrons. The first-order valence-corrected chi connectivity index (χ1v) is 13.0. The molecule has 2 aromatic heterocycles. The number of nitrogens with one attached hydrogen (secondary N) is 1. The number of hydrogen-bond donors (Lipinski definition) is 1. The number of amides is 2. The first kappa shape index (κ1) is 25.0. The SMILES string of the molecule is C[C@@H](Oc1nc(-c2ccc(C3CCN(C(=O)OC(C)(C)C)CC3)cc2)cn2nccc12)[C@H]1CNC(=O)C1. The maximum absolute atomic E-state index is 12.4. The van der Waals surface area contributed by atoms with Crippen molar-refractivity contribution in [3.05, 3.63) is 48.3 Å². The van der Waals surface area contributed by atoms with E-state index in [9.17, 15) is 9.59 Å². The molecular weight excluding hydrogens is 470 g/mol. The Morgan fingerprint density at radius 3 is 2.51 bits per heavy atom. The van der Waals surface area contributed by atoms with Crippen LogP contribution >= 0.6 is 0 Å². The van der Waals surface area contributed by atoms with Gasteiger partial charge in [0, 0.05) is 37.5 Å². The predicted molar refractivity (Wildman–Crippen MR) is 139 cm³/mol. The standard InChI is InChI=1S/C28H35N5O4/c1-18(22-15-25(34)29-16-22)36-26-24-9-12-30-33(24)17-23(31-26)21-7-5-19(6-8-21)20-10-13-32(14-11-20)27(35)37-28(2,3)4/h5-9,12,17-18,20,22H,10-11,13-16H2,1-4H3,(H,29,34)/t18-,22-/m1/s1. The minimum absolute atomic E-state index is 0.0623. The molecule has 9 nitrogen and oxygen atoms in total. The lowest BCUT2D eigenvalue weighted by molar-refractivity contribution is -0.119. The molecule has 4 heterocycles. The number of nitrogens with zero attached hydrogens (tertiary/aromatic N) is 4. The Morgan fingerprint density at radius 1 is 1.14 bits per heavy atom. The molecule has 2 atom stereocenters. The molecule has 9 heteroatoms. The number of benzene rings is 1. The highest BCUT2D eigenvalue weighted by Crippen LogP contribution is 2.31. The molecule has 3 aromatic rings. The molecule has 0 unspecified atom stereocenters. The number of fused-ring (bicyclic) bond motifs is 1. The molecule has 2 aliphatic heterocycles. The number of likely N-dealkylation sites (tertiary alicyclic amines) is 1. The lowest BCUT2D eigenvalue weighted by Gasteiger charge is -2.33. The molecule has 0 saturated carbocycles. The highest BCUT2D eigenvalue weighted by atomic mass is 16.6. The third-order valence-corrected chi connectivity index (χ3v) is 7.15. The molecule has 0 spiro atoms. The summed E-state index contributed by atoms with van der Waals surface area (Å²) < 4.78 is 13.6. The van der Waals surface area contributed by atoms with E-state index in [1.165, 1.54) is 5.56 Å². The van der Waals surface area contributed by atoms with Gasteiger partial charge < -0.3 is 19.7 Å². The summed E-state index contributed by atoms with van der Waals surface area (Å²) in [5, 5.41) is 7.28. The Hall–Kier alpha value is -3.62. The van der Waals surface area contributed by atoms with E-state index >= 15 is 0 Å². The zero-order chi connectivity index (χ0) is 26.2. The van der Waals surface area contributed by atoms with Crippen molar-refractivity contribution in [1.82, 2.24) is 24.8 Å². The fraction of sp³-hybridized carbons (Fsp3) is 0.500. The van der Waals surface area contributed by atoms with Gasteiger partial charge in [0.05, 0.1) is 18.1 Å². The van der Waals surface area contributed by atoms with E-state index in [1.54, 1.807) is 15.6 Å². The van der Waals surface area contributed by atoms with Crippen LogP contribution in [0.3, 0.4) is 0 Å². The summed E-state index contributed by atoms with van der Waals surface area (Å²) in [7, 11) is 0. The number of hydrogen-bond acceptors (Lipinski definition) is 6. The first-order chi connectivity index (χ1) is 17.7. The lowest BCUT2D eigenvalue weighted by atomic mass is 9.89. The monoisotopic (exact) mass is 505 g/mol. The minimum atomic E-state index is -0.479. The van der Waals surface area contributed by atoms with Gasteiger partial charge in [-0.3, -0.25) is 4.79 Å². The van der Waals surface area contributed by atoms with Gasteiger partial charge in [0.1, 0.15) is 17.2 Å². The predicted octanol–water partition coefficient (Wildman–Crippen LogP) is 4.41. The third kappa shape index (κ3) is 5.70. The summed E-state index contributed by atoms with van der Waals surface area (Å²) in [5.74, 6) is 1.09. The zero-order valence-electron chi connectivity index (χ0n) is 21.9. The van der Waals surface area contributed by atoms with Crippen LogP contribution in [0, 0.1) is 5.92 Å². The molecule has 0 bridgehead atoms. The molecule has 5 rings (SSSR count). The fourth-order valence-electron chi connectivity index (χ4n) is 5.00. The van der Waals surface area contributed by atoms with Crippen LogP contribution < -0.4 is 10.1 Å². The quantitative estimate of drug-likeness (QED) is 0.552. The molecule has 1 aromatic carbocycles. The van der Waals surface area contributed by atoms with Crippen LogP contribution in [0.2, 0.25) is 0 Å². The van der Waals surface area contributed by atoms with Crippen molar-refractivity contribution in [2.45, 2.75) is 64.6 Å². The average Bonchev–Trinajstić information content (AvgIpc) is 3.52.